The average molecular weight is 611 g/mol. The van der Waals surface area contributed by atoms with Crippen molar-refractivity contribution in [3.63, 3.8) is 0 Å². The van der Waals surface area contributed by atoms with Crippen LogP contribution < -0.4 is 21.6 Å². The van der Waals surface area contributed by atoms with Gasteiger partial charge in [0.15, 0.2) is 12.2 Å². The van der Waals surface area contributed by atoms with Gasteiger partial charge in [0.2, 0.25) is 11.8 Å². The van der Waals surface area contributed by atoms with Gasteiger partial charge in [-0.1, -0.05) is 79.7 Å². The highest BCUT2D eigenvalue weighted by molar-refractivity contribution is 5.95. The van der Waals surface area contributed by atoms with Gasteiger partial charge in [-0.3, -0.25) is 28.9 Å². The third kappa shape index (κ3) is 13.7. The number of nitrogens with one attached hydrogen (secondary N) is 4. The van der Waals surface area contributed by atoms with E-state index in [9.17, 15) is 19.2 Å². The van der Waals surface area contributed by atoms with Crippen LogP contribution in [0.15, 0.2) is 48.5 Å². The number of carbonyl (C=O) groups excluding carboxylic acids is 4. The minimum atomic E-state index is -0.824. The van der Waals surface area contributed by atoms with Crippen LogP contribution in [-0.2, 0) is 28.9 Å². The quantitative estimate of drug-likeness (QED) is 0.157. The Morgan fingerprint density at radius 2 is 0.841 bits per heavy atom. The number of amides is 4. The van der Waals surface area contributed by atoms with Gasteiger partial charge in [-0.05, 0) is 71.9 Å². The zero-order valence-corrected chi connectivity index (χ0v) is 27.4. The largest absolute Gasteiger partial charge is 0.324 e. The normalized spacial score (nSPS) is 12.7. The van der Waals surface area contributed by atoms with Crippen LogP contribution in [-0.4, -0.2) is 35.8 Å². The third-order valence-corrected chi connectivity index (χ3v) is 6.41. The molecule has 242 valence electrons. The molecule has 0 saturated carbocycles. The monoisotopic (exact) mass is 610 g/mol. The standard InChI is InChI=1S/C34H50N4O6/c1-21(2)17-29(43-37-31(39)19-23(5)6)33(41)35-27-13-9-25(10-14-27)26-11-15-28(16-12-26)36-34(42)30(18-22(3)4)44-38-32(40)20-24(7)8/h9-16,21-24,29-30H,17-20H2,1-8H3,(H,35,41)(H,36,42)(H,37,39)(H,38,40)/t29-,30?/m1/s1. The predicted molar refractivity (Wildman–Crippen MR) is 173 cm³/mol. The topological polar surface area (TPSA) is 135 Å². The first kappa shape index (κ1) is 36.4. The third-order valence-electron chi connectivity index (χ3n) is 6.41. The first-order valence-electron chi connectivity index (χ1n) is 15.4. The van der Waals surface area contributed by atoms with Crippen molar-refractivity contribution in [2.45, 2.75) is 93.3 Å². The van der Waals surface area contributed by atoms with Gasteiger partial charge in [0, 0.05) is 24.2 Å². The Morgan fingerprint density at radius 1 is 0.523 bits per heavy atom. The molecule has 0 aliphatic heterocycles. The van der Waals surface area contributed by atoms with E-state index < -0.39 is 12.2 Å². The molecule has 0 aliphatic rings. The van der Waals surface area contributed by atoms with Gasteiger partial charge >= 0.3 is 0 Å². The Morgan fingerprint density at radius 3 is 1.11 bits per heavy atom. The van der Waals surface area contributed by atoms with Crippen LogP contribution >= 0.6 is 0 Å². The second kappa shape index (κ2) is 18.1. The molecule has 2 aromatic carbocycles. The highest BCUT2D eigenvalue weighted by Gasteiger charge is 2.24. The SMILES string of the molecule is CC(C)CC(=O)NOC(CC(C)C)C(=O)Nc1ccc(-c2ccc(NC(=O)[C@@H](CC(C)C)ONC(=O)CC(C)C)cc2)cc1. The van der Waals surface area contributed by atoms with Crippen LogP contribution in [0.5, 0.6) is 0 Å². The molecule has 0 radical (unpaired) electrons. The molecule has 0 aliphatic carbocycles. The van der Waals surface area contributed by atoms with Crippen LogP contribution in [0.1, 0.15) is 81.1 Å². The first-order chi connectivity index (χ1) is 20.7. The molecule has 0 spiro atoms. The summed E-state index contributed by atoms with van der Waals surface area (Å²) in [5, 5.41) is 5.74. The summed E-state index contributed by atoms with van der Waals surface area (Å²) in [7, 11) is 0. The maximum absolute atomic E-state index is 12.9. The summed E-state index contributed by atoms with van der Waals surface area (Å²) in [6, 6.07) is 14.7. The Bertz CT molecular complexity index is 1110. The van der Waals surface area contributed by atoms with E-state index in [0.717, 1.165) is 11.1 Å². The summed E-state index contributed by atoms with van der Waals surface area (Å²) in [4.78, 5) is 60.9. The fourth-order valence-corrected chi connectivity index (χ4v) is 4.31. The number of anilines is 2. The lowest BCUT2D eigenvalue weighted by Gasteiger charge is -2.20. The van der Waals surface area contributed by atoms with Gasteiger partial charge in [0.25, 0.3) is 11.8 Å². The number of carbonyl (C=O) groups is 4. The zero-order valence-electron chi connectivity index (χ0n) is 27.4. The lowest BCUT2D eigenvalue weighted by atomic mass is 10.0. The summed E-state index contributed by atoms with van der Waals surface area (Å²) >= 11 is 0. The van der Waals surface area contributed by atoms with Crippen molar-refractivity contribution in [3.05, 3.63) is 48.5 Å². The van der Waals surface area contributed by atoms with E-state index in [1.54, 1.807) is 24.3 Å². The van der Waals surface area contributed by atoms with E-state index in [0.29, 0.717) is 37.1 Å². The van der Waals surface area contributed by atoms with Crippen molar-refractivity contribution in [3.8, 4) is 11.1 Å². The predicted octanol–water partition coefficient (Wildman–Crippen LogP) is 6.25. The Kier molecular flexibility index (Phi) is 15.0. The van der Waals surface area contributed by atoms with Crippen molar-refractivity contribution in [1.29, 1.82) is 0 Å². The molecule has 0 heterocycles. The second-order valence-corrected chi connectivity index (χ2v) is 12.9. The van der Waals surface area contributed by atoms with Crippen LogP contribution in [0, 0.1) is 23.7 Å². The van der Waals surface area contributed by atoms with E-state index >= 15 is 0 Å². The molecule has 4 amide bonds. The van der Waals surface area contributed by atoms with Gasteiger partial charge in [-0.2, -0.15) is 0 Å². The molecule has 10 nitrogen and oxygen atoms in total. The number of hydroxylamine groups is 2. The van der Waals surface area contributed by atoms with Crippen molar-refractivity contribution >= 4 is 35.0 Å². The molecule has 10 heteroatoms. The minimum Gasteiger partial charge on any atom is -0.324 e. The number of benzene rings is 2. The fraction of sp³-hybridized carbons (Fsp3) is 0.529. The molecule has 0 saturated heterocycles. The highest BCUT2D eigenvalue weighted by atomic mass is 16.7. The molecule has 0 aromatic heterocycles. The molecule has 2 aromatic rings. The summed E-state index contributed by atoms with van der Waals surface area (Å²) in [6.45, 7) is 15.7. The van der Waals surface area contributed by atoms with E-state index in [1.807, 2.05) is 79.7 Å². The Labute approximate surface area is 261 Å². The molecular formula is C34H50N4O6. The van der Waals surface area contributed by atoms with Crippen molar-refractivity contribution in [2.24, 2.45) is 23.7 Å². The molecule has 0 fully saturated rings. The Balaban J connectivity index is 2.00. The van der Waals surface area contributed by atoms with Crippen molar-refractivity contribution in [2.75, 3.05) is 10.6 Å². The molecular weight excluding hydrogens is 560 g/mol. The van der Waals surface area contributed by atoms with Gasteiger partial charge < -0.3 is 10.6 Å². The van der Waals surface area contributed by atoms with E-state index in [1.165, 1.54) is 0 Å². The second-order valence-electron chi connectivity index (χ2n) is 12.9. The zero-order chi connectivity index (χ0) is 32.8. The fourth-order valence-electron chi connectivity index (χ4n) is 4.31. The molecule has 44 heavy (non-hydrogen) atoms. The Hall–Kier alpha value is -3.76. The summed E-state index contributed by atoms with van der Waals surface area (Å²) in [5.74, 6) is -0.455. The first-order valence-corrected chi connectivity index (χ1v) is 15.4. The summed E-state index contributed by atoms with van der Waals surface area (Å²) < 4.78 is 0. The van der Waals surface area contributed by atoms with Crippen LogP contribution in [0.2, 0.25) is 0 Å². The van der Waals surface area contributed by atoms with Gasteiger partial charge in [0.1, 0.15) is 0 Å². The van der Waals surface area contributed by atoms with Crippen LogP contribution in [0.4, 0.5) is 11.4 Å². The van der Waals surface area contributed by atoms with E-state index in [4.69, 9.17) is 9.68 Å². The summed E-state index contributed by atoms with van der Waals surface area (Å²) in [5.41, 5.74) is 7.88. The van der Waals surface area contributed by atoms with Gasteiger partial charge in [-0.25, -0.2) is 11.0 Å². The van der Waals surface area contributed by atoms with Crippen LogP contribution in [0.3, 0.4) is 0 Å². The lowest BCUT2D eigenvalue weighted by Crippen LogP contribution is -2.38. The van der Waals surface area contributed by atoms with E-state index in [2.05, 4.69) is 21.6 Å². The van der Waals surface area contributed by atoms with Crippen molar-refractivity contribution < 1.29 is 28.9 Å². The van der Waals surface area contributed by atoms with E-state index in [-0.39, 0.29) is 47.3 Å². The molecule has 0 bridgehead atoms. The molecule has 1 unspecified atom stereocenters. The summed E-state index contributed by atoms with van der Waals surface area (Å²) in [6.07, 6.45) is -0.116. The van der Waals surface area contributed by atoms with Gasteiger partial charge in [0.05, 0.1) is 0 Å². The van der Waals surface area contributed by atoms with Crippen molar-refractivity contribution in [1.82, 2.24) is 11.0 Å². The number of hydrogen-bond donors (Lipinski definition) is 4. The maximum atomic E-state index is 12.9. The minimum absolute atomic E-state index is 0.181. The molecule has 2 atom stereocenters. The van der Waals surface area contributed by atoms with Gasteiger partial charge in [-0.15, -0.1) is 0 Å². The lowest BCUT2D eigenvalue weighted by molar-refractivity contribution is -0.148. The maximum Gasteiger partial charge on any atom is 0.256 e. The number of rotatable bonds is 17. The molecule has 4 N–H and O–H groups in total. The average Bonchev–Trinajstić information content (AvgIpc) is 2.93. The number of hydrogen-bond acceptors (Lipinski definition) is 6. The smallest absolute Gasteiger partial charge is 0.256 e. The highest BCUT2D eigenvalue weighted by Crippen LogP contribution is 2.24. The van der Waals surface area contributed by atoms with Crippen LogP contribution in [0.25, 0.3) is 11.1 Å². The molecule has 2 rings (SSSR count).